The van der Waals surface area contributed by atoms with Gasteiger partial charge in [0, 0.05) is 51.1 Å². The zero-order valence-corrected chi connectivity index (χ0v) is 17.4. The van der Waals surface area contributed by atoms with Gasteiger partial charge >= 0.3 is 0 Å². The summed E-state index contributed by atoms with van der Waals surface area (Å²) < 4.78 is 1.85. The van der Waals surface area contributed by atoms with Gasteiger partial charge in [-0.3, -0.25) is 19.1 Å². The number of likely N-dealkylation sites (tertiary alicyclic amines) is 2. The van der Waals surface area contributed by atoms with E-state index >= 15 is 0 Å². The summed E-state index contributed by atoms with van der Waals surface area (Å²) in [4.78, 5) is 34.6. The van der Waals surface area contributed by atoms with Gasteiger partial charge in [-0.05, 0) is 37.5 Å². The molecule has 154 valence electrons. The van der Waals surface area contributed by atoms with Crippen molar-refractivity contribution in [3.8, 4) is 0 Å². The molecule has 1 aromatic rings. The van der Waals surface area contributed by atoms with Crippen LogP contribution < -0.4 is 5.56 Å². The number of aromatic nitrogens is 2. The fourth-order valence-electron chi connectivity index (χ4n) is 5.38. The molecule has 0 bridgehead atoms. The molecule has 3 atom stereocenters. The van der Waals surface area contributed by atoms with Gasteiger partial charge in [0.25, 0.3) is 5.56 Å². The lowest BCUT2D eigenvalue weighted by Gasteiger charge is -2.35. The van der Waals surface area contributed by atoms with Gasteiger partial charge in [0.15, 0.2) is 0 Å². The number of carbonyl (C=O) groups is 1. The molecule has 6 heteroatoms. The summed E-state index contributed by atoms with van der Waals surface area (Å²) in [7, 11) is 0. The van der Waals surface area contributed by atoms with E-state index in [1.807, 2.05) is 9.47 Å². The smallest absolute Gasteiger partial charge is 0.253 e. The van der Waals surface area contributed by atoms with Crippen LogP contribution in [0, 0.1) is 11.8 Å². The number of hydrogen-bond acceptors (Lipinski definition) is 4. The first kappa shape index (κ1) is 19.6. The summed E-state index contributed by atoms with van der Waals surface area (Å²) in [5.41, 5.74) is 0.983. The van der Waals surface area contributed by atoms with Gasteiger partial charge < -0.3 is 4.90 Å². The van der Waals surface area contributed by atoms with Crippen LogP contribution >= 0.6 is 0 Å². The molecule has 0 saturated carbocycles. The molecule has 0 unspecified atom stereocenters. The first-order chi connectivity index (χ1) is 13.5. The number of aryl methyl sites for hydroxylation is 1. The van der Waals surface area contributed by atoms with Crippen molar-refractivity contribution < 1.29 is 4.79 Å². The van der Waals surface area contributed by atoms with Crippen LogP contribution in [0.25, 0.3) is 0 Å². The van der Waals surface area contributed by atoms with E-state index in [9.17, 15) is 9.59 Å². The lowest BCUT2D eigenvalue weighted by Crippen LogP contribution is -2.45. The molecule has 0 spiro atoms. The highest BCUT2D eigenvalue weighted by atomic mass is 16.2. The Bertz CT molecular complexity index is 764. The van der Waals surface area contributed by atoms with Gasteiger partial charge in [-0.25, -0.2) is 4.98 Å². The zero-order chi connectivity index (χ0) is 19.7. The molecule has 2 fully saturated rings. The summed E-state index contributed by atoms with van der Waals surface area (Å²) in [6.07, 6.45) is 6.40. The van der Waals surface area contributed by atoms with Crippen LogP contribution in [-0.4, -0.2) is 58.0 Å². The minimum absolute atomic E-state index is 0.0861. The third-order valence-electron chi connectivity index (χ3n) is 6.65. The fraction of sp³-hybridized carbons (Fsp3) is 0.773. The van der Waals surface area contributed by atoms with Gasteiger partial charge in [0.05, 0.1) is 12.2 Å². The molecule has 0 aliphatic carbocycles. The average molecular weight is 387 g/mol. The van der Waals surface area contributed by atoms with E-state index in [2.05, 4.69) is 18.7 Å². The predicted octanol–water partition coefficient (Wildman–Crippen LogP) is 2.26. The SMILES string of the molecule is C[C@@H]1C[C@@H](C)CN(CC(=O)N2CC[C@@H](c3cc(=O)n4c(n3)CCCCC4)C2)C1. The average Bonchev–Trinajstić information content (AvgIpc) is 3.00. The summed E-state index contributed by atoms with van der Waals surface area (Å²) >= 11 is 0. The summed E-state index contributed by atoms with van der Waals surface area (Å²) in [6, 6.07) is 1.72. The maximum Gasteiger partial charge on any atom is 0.253 e. The highest BCUT2D eigenvalue weighted by Gasteiger charge is 2.31. The zero-order valence-electron chi connectivity index (χ0n) is 17.4. The highest BCUT2D eigenvalue weighted by molar-refractivity contribution is 5.78. The number of piperidine rings is 1. The van der Waals surface area contributed by atoms with E-state index < -0.39 is 0 Å². The summed E-state index contributed by atoms with van der Waals surface area (Å²) in [5, 5.41) is 0. The van der Waals surface area contributed by atoms with Crippen LogP contribution in [0.15, 0.2) is 10.9 Å². The van der Waals surface area contributed by atoms with Gasteiger partial charge in [-0.2, -0.15) is 0 Å². The topological polar surface area (TPSA) is 58.4 Å². The van der Waals surface area contributed by atoms with Crippen LogP contribution in [0.1, 0.15) is 63.4 Å². The van der Waals surface area contributed by atoms with Crippen LogP contribution in [0.5, 0.6) is 0 Å². The van der Waals surface area contributed by atoms with Crippen molar-refractivity contribution in [2.45, 2.75) is 64.8 Å². The van der Waals surface area contributed by atoms with Crippen LogP contribution in [0.3, 0.4) is 0 Å². The molecule has 0 aromatic carbocycles. The molecule has 3 aliphatic heterocycles. The minimum atomic E-state index is 0.0861. The second-order valence-corrected chi connectivity index (χ2v) is 9.36. The quantitative estimate of drug-likeness (QED) is 0.800. The Morgan fingerprint density at radius 3 is 2.68 bits per heavy atom. The molecule has 2 saturated heterocycles. The van der Waals surface area contributed by atoms with Gasteiger partial charge in [-0.15, -0.1) is 0 Å². The van der Waals surface area contributed by atoms with Crippen molar-refractivity contribution in [1.82, 2.24) is 19.4 Å². The second-order valence-electron chi connectivity index (χ2n) is 9.36. The Morgan fingerprint density at radius 2 is 1.89 bits per heavy atom. The van der Waals surface area contributed by atoms with Crippen molar-refractivity contribution in [2.24, 2.45) is 11.8 Å². The maximum absolute atomic E-state index is 12.8. The first-order valence-corrected chi connectivity index (χ1v) is 11.1. The van der Waals surface area contributed by atoms with Crippen LogP contribution in [0.4, 0.5) is 0 Å². The normalized spacial score (nSPS) is 28.8. The van der Waals surface area contributed by atoms with Crippen LogP contribution in [0.2, 0.25) is 0 Å². The standard InChI is InChI=1S/C22H34N4O2/c1-16-10-17(2)13-24(12-16)15-22(28)25-9-7-18(14-25)19-11-21(27)26-8-5-3-4-6-20(26)23-19/h11,16-18H,3-10,12-15H2,1-2H3/t16-,17-,18-/m1/s1. The lowest BCUT2D eigenvalue weighted by molar-refractivity contribution is -0.132. The van der Waals surface area contributed by atoms with E-state index in [0.29, 0.717) is 24.9 Å². The van der Waals surface area contributed by atoms with Crippen molar-refractivity contribution in [3.05, 3.63) is 27.9 Å². The molecule has 6 nitrogen and oxygen atoms in total. The third-order valence-corrected chi connectivity index (χ3v) is 6.65. The number of fused-ring (bicyclic) bond motifs is 1. The number of nitrogens with zero attached hydrogens (tertiary/aromatic N) is 4. The van der Waals surface area contributed by atoms with Gasteiger partial charge in [-0.1, -0.05) is 20.3 Å². The fourth-order valence-corrected chi connectivity index (χ4v) is 5.38. The third kappa shape index (κ3) is 4.32. The Labute approximate surface area is 167 Å². The Hall–Kier alpha value is -1.69. The van der Waals surface area contributed by atoms with Crippen molar-refractivity contribution >= 4 is 5.91 Å². The molecule has 28 heavy (non-hydrogen) atoms. The Kier molecular flexibility index (Phi) is 5.85. The monoisotopic (exact) mass is 386 g/mol. The Morgan fingerprint density at radius 1 is 1.11 bits per heavy atom. The number of carbonyl (C=O) groups excluding carboxylic acids is 1. The molecule has 4 rings (SSSR count). The van der Waals surface area contributed by atoms with Crippen molar-refractivity contribution in [2.75, 3.05) is 32.7 Å². The van der Waals surface area contributed by atoms with Crippen molar-refractivity contribution in [3.63, 3.8) is 0 Å². The van der Waals surface area contributed by atoms with Gasteiger partial charge in [0.2, 0.25) is 5.91 Å². The van der Waals surface area contributed by atoms with E-state index in [0.717, 1.165) is 69.8 Å². The molecule has 1 aromatic heterocycles. The van der Waals surface area contributed by atoms with E-state index in [4.69, 9.17) is 4.98 Å². The number of amides is 1. The van der Waals surface area contributed by atoms with Crippen molar-refractivity contribution in [1.29, 1.82) is 0 Å². The number of hydrogen-bond donors (Lipinski definition) is 0. The van der Waals surface area contributed by atoms with E-state index in [1.165, 1.54) is 6.42 Å². The summed E-state index contributed by atoms with van der Waals surface area (Å²) in [6.45, 7) is 9.41. The van der Waals surface area contributed by atoms with E-state index in [1.54, 1.807) is 6.07 Å². The van der Waals surface area contributed by atoms with E-state index in [-0.39, 0.29) is 17.4 Å². The molecular weight excluding hydrogens is 352 g/mol. The molecule has 3 aliphatic rings. The first-order valence-electron chi connectivity index (χ1n) is 11.1. The largest absolute Gasteiger partial charge is 0.341 e. The molecule has 1 amide bonds. The molecule has 0 radical (unpaired) electrons. The minimum Gasteiger partial charge on any atom is -0.341 e. The van der Waals surface area contributed by atoms with Gasteiger partial charge in [0.1, 0.15) is 5.82 Å². The predicted molar refractivity (Wildman–Crippen MR) is 109 cm³/mol. The molecular formula is C22H34N4O2. The van der Waals surface area contributed by atoms with Crippen LogP contribution in [-0.2, 0) is 17.8 Å². The lowest BCUT2D eigenvalue weighted by atomic mass is 9.92. The second kappa shape index (κ2) is 8.36. The molecule has 0 N–H and O–H groups in total. The highest BCUT2D eigenvalue weighted by Crippen LogP contribution is 2.27. The summed E-state index contributed by atoms with van der Waals surface area (Å²) in [5.74, 6) is 2.71. The Balaban J connectivity index is 1.40. The number of rotatable bonds is 3. The molecule has 4 heterocycles. The maximum atomic E-state index is 12.8.